The molecule has 4 N–H and O–H groups in total. The molecule has 1 heterocycles. The predicted octanol–water partition coefficient (Wildman–Crippen LogP) is 0.378. The summed E-state index contributed by atoms with van der Waals surface area (Å²) in [6.07, 6.45) is 0. The van der Waals surface area contributed by atoms with Crippen LogP contribution in [-0.2, 0) is 0 Å². The number of aromatic nitrogens is 1. The Morgan fingerprint density at radius 3 is 1.57 bits per heavy atom. The van der Waals surface area contributed by atoms with Gasteiger partial charge in [-0.15, -0.1) is 0 Å². The average molecular weight is 195 g/mol. The van der Waals surface area contributed by atoms with Crippen molar-refractivity contribution in [3.8, 4) is 0 Å². The third-order valence-corrected chi connectivity index (χ3v) is 2.00. The smallest absolute Gasteiger partial charge is 0.149 e. The Balaban J connectivity index is 3.27. The summed E-state index contributed by atoms with van der Waals surface area (Å²) in [5, 5.41) is 0. The first-order chi connectivity index (χ1) is 6.43. The van der Waals surface area contributed by atoms with Crippen LogP contribution in [0.1, 0.15) is 0 Å². The number of nitrogens with zero attached hydrogens (tertiary/aromatic N) is 3. The molecule has 14 heavy (non-hydrogen) atoms. The van der Waals surface area contributed by atoms with Gasteiger partial charge in [0.05, 0.1) is 11.4 Å². The van der Waals surface area contributed by atoms with E-state index in [2.05, 4.69) is 4.98 Å². The Kier molecular flexibility index (Phi) is 2.69. The number of rotatable bonds is 2. The van der Waals surface area contributed by atoms with Gasteiger partial charge in [0.2, 0.25) is 0 Å². The van der Waals surface area contributed by atoms with Crippen molar-refractivity contribution in [2.45, 2.75) is 0 Å². The maximum atomic E-state index is 5.74. The van der Waals surface area contributed by atoms with Gasteiger partial charge in [-0.3, -0.25) is 0 Å². The predicted molar refractivity (Wildman–Crippen MR) is 61.7 cm³/mol. The average Bonchev–Trinajstić information content (AvgIpc) is 2.02. The van der Waals surface area contributed by atoms with Crippen LogP contribution in [0.4, 0.5) is 23.0 Å². The largest absolute Gasteiger partial charge is 0.382 e. The second-order valence-electron chi connectivity index (χ2n) is 3.59. The van der Waals surface area contributed by atoms with Crippen molar-refractivity contribution in [2.75, 3.05) is 49.5 Å². The summed E-state index contributed by atoms with van der Waals surface area (Å²) in [5.74, 6) is 0.913. The van der Waals surface area contributed by atoms with E-state index in [9.17, 15) is 0 Å². The normalized spacial score (nSPS) is 10.0. The molecule has 0 aromatic carbocycles. The second kappa shape index (κ2) is 3.61. The van der Waals surface area contributed by atoms with Gasteiger partial charge in [0.1, 0.15) is 11.6 Å². The highest BCUT2D eigenvalue weighted by atomic mass is 15.1. The molecule has 0 amide bonds. The van der Waals surface area contributed by atoms with Crippen molar-refractivity contribution in [1.82, 2.24) is 4.98 Å². The highest BCUT2D eigenvalue weighted by molar-refractivity contribution is 5.76. The van der Waals surface area contributed by atoms with Crippen molar-refractivity contribution >= 4 is 23.0 Å². The van der Waals surface area contributed by atoms with Gasteiger partial charge in [-0.1, -0.05) is 0 Å². The summed E-state index contributed by atoms with van der Waals surface area (Å²) in [6, 6.07) is 1.93. The zero-order valence-electron chi connectivity index (χ0n) is 9.07. The Labute approximate surface area is 84.3 Å². The molecule has 78 valence electrons. The summed E-state index contributed by atoms with van der Waals surface area (Å²) in [4.78, 5) is 7.91. The summed E-state index contributed by atoms with van der Waals surface area (Å²) >= 11 is 0. The first-order valence-corrected chi connectivity index (χ1v) is 4.34. The minimum absolute atomic E-state index is 0.457. The molecule has 0 atom stereocenters. The van der Waals surface area contributed by atoms with Crippen LogP contribution in [0.2, 0.25) is 0 Å². The van der Waals surface area contributed by atoms with Gasteiger partial charge in [0.25, 0.3) is 0 Å². The number of nitrogens with two attached hydrogens (primary N) is 2. The lowest BCUT2D eigenvalue weighted by molar-refractivity contribution is 1.08. The van der Waals surface area contributed by atoms with E-state index in [0.717, 1.165) is 11.4 Å². The zero-order chi connectivity index (χ0) is 10.9. The topological polar surface area (TPSA) is 71.4 Å². The van der Waals surface area contributed by atoms with Gasteiger partial charge in [0, 0.05) is 28.2 Å². The molecule has 0 aliphatic carbocycles. The van der Waals surface area contributed by atoms with E-state index in [4.69, 9.17) is 11.5 Å². The van der Waals surface area contributed by atoms with E-state index < -0.39 is 0 Å². The van der Waals surface area contributed by atoms with E-state index >= 15 is 0 Å². The number of hydrogen-bond acceptors (Lipinski definition) is 5. The third kappa shape index (κ3) is 1.81. The molecule has 0 aliphatic heterocycles. The van der Waals surface area contributed by atoms with Crippen LogP contribution >= 0.6 is 0 Å². The molecular formula is C9H17N5. The van der Waals surface area contributed by atoms with Crippen molar-refractivity contribution in [2.24, 2.45) is 0 Å². The van der Waals surface area contributed by atoms with Crippen LogP contribution in [0.25, 0.3) is 0 Å². The Morgan fingerprint density at radius 2 is 1.29 bits per heavy atom. The quantitative estimate of drug-likeness (QED) is 0.713. The van der Waals surface area contributed by atoms with Gasteiger partial charge in [-0.2, -0.15) is 0 Å². The molecule has 1 rings (SSSR count). The fourth-order valence-electron chi connectivity index (χ4n) is 1.24. The molecule has 0 saturated heterocycles. The fourth-order valence-corrected chi connectivity index (χ4v) is 1.24. The molecule has 5 nitrogen and oxygen atoms in total. The van der Waals surface area contributed by atoms with E-state index in [-0.39, 0.29) is 0 Å². The van der Waals surface area contributed by atoms with Gasteiger partial charge in [-0.05, 0) is 6.07 Å². The van der Waals surface area contributed by atoms with Crippen LogP contribution < -0.4 is 21.3 Å². The van der Waals surface area contributed by atoms with Gasteiger partial charge >= 0.3 is 0 Å². The maximum Gasteiger partial charge on any atom is 0.149 e. The summed E-state index contributed by atoms with van der Waals surface area (Å²) in [5.41, 5.74) is 13.2. The Hall–Kier alpha value is -1.65. The van der Waals surface area contributed by atoms with E-state index in [0.29, 0.717) is 11.6 Å². The maximum absolute atomic E-state index is 5.74. The molecule has 0 radical (unpaired) electrons. The molecule has 1 aromatic rings. The monoisotopic (exact) mass is 195 g/mol. The number of hydrogen-bond donors (Lipinski definition) is 2. The first-order valence-electron chi connectivity index (χ1n) is 4.34. The molecule has 1 aromatic heterocycles. The van der Waals surface area contributed by atoms with Crippen molar-refractivity contribution in [3.05, 3.63) is 6.07 Å². The zero-order valence-corrected chi connectivity index (χ0v) is 9.07. The van der Waals surface area contributed by atoms with Crippen LogP contribution in [-0.4, -0.2) is 33.2 Å². The molecule has 0 spiro atoms. The minimum atomic E-state index is 0.457. The molecule has 0 fully saturated rings. The van der Waals surface area contributed by atoms with Crippen LogP contribution in [0.3, 0.4) is 0 Å². The van der Waals surface area contributed by atoms with Gasteiger partial charge in [-0.25, -0.2) is 4.98 Å². The molecule has 0 bridgehead atoms. The van der Waals surface area contributed by atoms with Gasteiger partial charge < -0.3 is 21.3 Å². The standard InChI is InChI=1S/C9H17N5/c1-13(2)6-5-7(14(3)4)9(11)12-8(6)10/h5H,1-4H3,(H4,10,11,12). The first kappa shape index (κ1) is 10.4. The summed E-state index contributed by atoms with van der Waals surface area (Å²) in [7, 11) is 7.68. The Morgan fingerprint density at radius 1 is 0.929 bits per heavy atom. The summed E-state index contributed by atoms with van der Waals surface area (Å²) in [6.45, 7) is 0. The lowest BCUT2D eigenvalue weighted by Crippen LogP contribution is -2.17. The minimum Gasteiger partial charge on any atom is -0.382 e. The third-order valence-electron chi connectivity index (χ3n) is 2.00. The fraction of sp³-hybridized carbons (Fsp3) is 0.444. The number of anilines is 4. The van der Waals surface area contributed by atoms with Crippen LogP contribution in [0.15, 0.2) is 6.07 Å². The highest BCUT2D eigenvalue weighted by Gasteiger charge is 2.09. The van der Waals surface area contributed by atoms with E-state index in [1.807, 2.05) is 44.1 Å². The Bertz CT molecular complexity index is 303. The van der Waals surface area contributed by atoms with Crippen molar-refractivity contribution in [3.63, 3.8) is 0 Å². The SMILES string of the molecule is CN(C)c1cc(N(C)C)c(N)nc1N. The summed E-state index contributed by atoms with van der Waals surface area (Å²) < 4.78 is 0. The number of nitrogen functional groups attached to an aromatic ring is 2. The van der Waals surface area contributed by atoms with Crippen molar-refractivity contribution in [1.29, 1.82) is 0 Å². The van der Waals surface area contributed by atoms with Crippen LogP contribution in [0.5, 0.6) is 0 Å². The molecule has 0 unspecified atom stereocenters. The lowest BCUT2D eigenvalue weighted by Gasteiger charge is -2.20. The number of pyridine rings is 1. The molecule has 0 aliphatic rings. The van der Waals surface area contributed by atoms with Gasteiger partial charge in [0.15, 0.2) is 0 Å². The molecule has 5 heteroatoms. The lowest BCUT2D eigenvalue weighted by atomic mass is 10.3. The van der Waals surface area contributed by atoms with E-state index in [1.165, 1.54) is 0 Å². The van der Waals surface area contributed by atoms with E-state index in [1.54, 1.807) is 0 Å². The highest BCUT2D eigenvalue weighted by Crippen LogP contribution is 2.29. The molecular weight excluding hydrogens is 178 g/mol. The second-order valence-corrected chi connectivity index (χ2v) is 3.59. The van der Waals surface area contributed by atoms with Crippen molar-refractivity contribution < 1.29 is 0 Å². The molecule has 0 saturated carbocycles. The van der Waals surface area contributed by atoms with Crippen LogP contribution in [0, 0.1) is 0 Å².